The van der Waals surface area contributed by atoms with Gasteiger partial charge in [0.15, 0.2) is 0 Å². The summed E-state index contributed by atoms with van der Waals surface area (Å²) in [5.74, 6) is -2.23. The molecule has 8 nitrogen and oxygen atoms in total. The molecule has 3 rings (SSSR count). The van der Waals surface area contributed by atoms with E-state index in [9.17, 15) is 22.8 Å². The monoisotopic (exact) mass is 416 g/mol. The lowest BCUT2D eigenvalue weighted by molar-refractivity contribution is -0.145. The fourth-order valence-electron chi connectivity index (χ4n) is 3.17. The van der Waals surface area contributed by atoms with Crippen LogP contribution in [0.5, 0.6) is 0 Å². The second-order valence-corrected chi connectivity index (χ2v) is 8.34. The molecule has 152 valence electrons. The number of rotatable bonds is 6. The van der Waals surface area contributed by atoms with Crippen LogP contribution >= 0.6 is 0 Å². The van der Waals surface area contributed by atoms with Crippen molar-refractivity contribution in [2.24, 2.45) is 0 Å². The Bertz CT molecular complexity index is 1050. The van der Waals surface area contributed by atoms with Crippen molar-refractivity contribution in [3.05, 3.63) is 65.7 Å². The first-order valence-electron chi connectivity index (χ1n) is 8.87. The third-order valence-corrected chi connectivity index (χ3v) is 6.58. The number of carbonyl (C=O) groups is 3. The molecule has 29 heavy (non-hydrogen) atoms. The Morgan fingerprint density at radius 2 is 1.69 bits per heavy atom. The summed E-state index contributed by atoms with van der Waals surface area (Å²) in [6, 6.07) is 12.4. The maximum absolute atomic E-state index is 12.8. The first-order valence-corrected chi connectivity index (χ1v) is 10.3. The van der Waals surface area contributed by atoms with Gasteiger partial charge in [0.25, 0.3) is 15.9 Å². The Morgan fingerprint density at radius 3 is 2.31 bits per heavy atom. The zero-order chi connectivity index (χ0) is 21.2. The standard InChI is InChI=1S/C20H20N2O6S/c1-13(22-19(24)15-10-6-7-11-17(15)29(22,26)27)18(23)21-16(20(25)28-2)12-14-8-4-3-5-9-14/h3-11,13,16H,12H2,1-2H3,(H,21,23)/t13-,16-/m0/s1. The minimum atomic E-state index is -4.15. The van der Waals surface area contributed by atoms with Gasteiger partial charge >= 0.3 is 5.97 Å². The van der Waals surface area contributed by atoms with Crippen molar-refractivity contribution in [2.75, 3.05) is 7.11 Å². The van der Waals surface area contributed by atoms with E-state index in [4.69, 9.17) is 4.74 Å². The maximum Gasteiger partial charge on any atom is 0.328 e. The molecule has 1 N–H and O–H groups in total. The normalized spacial score (nSPS) is 16.6. The number of benzene rings is 2. The largest absolute Gasteiger partial charge is 0.467 e. The summed E-state index contributed by atoms with van der Waals surface area (Å²) in [5.41, 5.74) is 0.800. The molecule has 9 heteroatoms. The zero-order valence-electron chi connectivity index (χ0n) is 15.9. The van der Waals surface area contributed by atoms with Crippen LogP contribution in [-0.4, -0.2) is 49.7 Å². The molecule has 0 unspecified atom stereocenters. The molecule has 0 spiro atoms. The number of nitrogens with zero attached hydrogens (tertiary/aromatic N) is 1. The second kappa shape index (κ2) is 8.04. The lowest BCUT2D eigenvalue weighted by Gasteiger charge is -2.24. The van der Waals surface area contributed by atoms with Gasteiger partial charge in [0, 0.05) is 6.42 Å². The minimum Gasteiger partial charge on any atom is -0.467 e. The Balaban J connectivity index is 1.82. The molecule has 2 atom stereocenters. The van der Waals surface area contributed by atoms with Crippen molar-refractivity contribution >= 4 is 27.8 Å². The van der Waals surface area contributed by atoms with Gasteiger partial charge in [-0.1, -0.05) is 42.5 Å². The van der Waals surface area contributed by atoms with E-state index in [1.165, 1.54) is 32.2 Å². The molecular formula is C20H20N2O6S. The number of nitrogens with one attached hydrogen (secondary N) is 1. The van der Waals surface area contributed by atoms with Crippen LogP contribution in [0.1, 0.15) is 22.8 Å². The van der Waals surface area contributed by atoms with E-state index < -0.39 is 39.9 Å². The fraction of sp³-hybridized carbons (Fsp3) is 0.250. The average molecular weight is 416 g/mol. The smallest absolute Gasteiger partial charge is 0.328 e. The van der Waals surface area contributed by atoms with E-state index in [-0.39, 0.29) is 16.9 Å². The highest BCUT2D eigenvalue weighted by Crippen LogP contribution is 2.31. The Kier molecular flexibility index (Phi) is 5.69. The number of hydrogen-bond acceptors (Lipinski definition) is 6. The van der Waals surface area contributed by atoms with Gasteiger partial charge in [-0.15, -0.1) is 0 Å². The zero-order valence-corrected chi connectivity index (χ0v) is 16.7. The van der Waals surface area contributed by atoms with E-state index in [0.717, 1.165) is 5.56 Å². The molecule has 2 amide bonds. The van der Waals surface area contributed by atoms with Crippen molar-refractivity contribution in [3.8, 4) is 0 Å². The van der Waals surface area contributed by atoms with Gasteiger partial charge in [-0.2, -0.15) is 0 Å². The quantitative estimate of drug-likeness (QED) is 0.707. The van der Waals surface area contributed by atoms with Crippen LogP contribution in [0.3, 0.4) is 0 Å². The Morgan fingerprint density at radius 1 is 1.07 bits per heavy atom. The predicted molar refractivity (Wildman–Crippen MR) is 103 cm³/mol. The molecule has 1 aliphatic rings. The molecule has 0 saturated heterocycles. The van der Waals surface area contributed by atoms with Crippen LogP contribution in [0.4, 0.5) is 0 Å². The van der Waals surface area contributed by atoms with Gasteiger partial charge in [0.1, 0.15) is 17.0 Å². The van der Waals surface area contributed by atoms with Crippen molar-refractivity contribution in [3.63, 3.8) is 0 Å². The van der Waals surface area contributed by atoms with Crippen LogP contribution in [-0.2, 0) is 30.8 Å². The Hall–Kier alpha value is -3.20. The van der Waals surface area contributed by atoms with E-state index in [1.807, 2.05) is 6.07 Å². The number of ether oxygens (including phenoxy) is 1. The molecule has 0 aromatic heterocycles. The molecular weight excluding hydrogens is 396 g/mol. The summed E-state index contributed by atoms with van der Waals surface area (Å²) < 4.78 is 30.8. The summed E-state index contributed by atoms with van der Waals surface area (Å²) in [6.45, 7) is 1.30. The predicted octanol–water partition coefficient (Wildman–Crippen LogP) is 1.12. The highest BCUT2D eigenvalue weighted by molar-refractivity contribution is 7.90. The van der Waals surface area contributed by atoms with Gasteiger partial charge in [-0.25, -0.2) is 17.5 Å². The molecule has 2 aromatic rings. The van der Waals surface area contributed by atoms with Crippen molar-refractivity contribution in [1.29, 1.82) is 0 Å². The number of sulfonamides is 1. The highest BCUT2D eigenvalue weighted by atomic mass is 32.2. The van der Waals surface area contributed by atoms with E-state index in [1.54, 1.807) is 30.3 Å². The van der Waals surface area contributed by atoms with Crippen LogP contribution in [0.25, 0.3) is 0 Å². The summed E-state index contributed by atoms with van der Waals surface area (Å²) >= 11 is 0. The average Bonchev–Trinajstić information content (AvgIpc) is 2.93. The van der Waals surface area contributed by atoms with Crippen LogP contribution in [0, 0.1) is 0 Å². The minimum absolute atomic E-state index is 0.0148. The van der Waals surface area contributed by atoms with Crippen LogP contribution < -0.4 is 5.32 Å². The number of carbonyl (C=O) groups excluding carboxylic acids is 3. The number of amides is 2. The van der Waals surface area contributed by atoms with Crippen molar-refractivity contribution in [2.45, 2.75) is 30.3 Å². The summed E-state index contributed by atoms with van der Waals surface area (Å²) in [7, 11) is -2.96. The highest BCUT2D eigenvalue weighted by Gasteiger charge is 2.46. The van der Waals surface area contributed by atoms with E-state index in [0.29, 0.717) is 4.31 Å². The molecule has 0 fully saturated rings. The fourth-order valence-corrected chi connectivity index (χ4v) is 4.89. The number of hydrogen-bond donors (Lipinski definition) is 1. The third-order valence-electron chi connectivity index (χ3n) is 4.67. The molecule has 1 aliphatic heterocycles. The van der Waals surface area contributed by atoms with Gasteiger partial charge in [0.2, 0.25) is 5.91 Å². The number of methoxy groups -OCH3 is 1. The summed E-state index contributed by atoms with van der Waals surface area (Å²) in [6.07, 6.45) is 0.160. The molecule has 0 saturated carbocycles. The molecule has 2 aromatic carbocycles. The second-order valence-electron chi connectivity index (χ2n) is 6.55. The Labute approximate surface area is 168 Å². The number of esters is 1. The van der Waals surface area contributed by atoms with Crippen LogP contribution in [0.15, 0.2) is 59.5 Å². The van der Waals surface area contributed by atoms with Gasteiger partial charge < -0.3 is 10.1 Å². The van der Waals surface area contributed by atoms with E-state index in [2.05, 4.69) is 5.32 Å². The van der Waals surface area contributed by atoms with Gasteiger partial charge in [-0.05, 0) is 24.6 Å². The summed E-state index contributed by atoms with van der Waals surface area (Å²) in [4.78, 5) is 37.3. The van der Waals surface area contributed by atoms with Crippen molar-refractivity contribution in [1.82, 2.24) is 9.62 Å². The number of fused-ring (bicyclic) bond motifs is 1. The molecule has 0 bridgehead atoms. The molecule has 1 heterocycles. The first kappa shape index (κ1) is 20.5. The van der Waals surface area contributed by atoms with Crippen molar-refractivity contribution < 1.29 is 27.5 Å². The molecule has 0 radical (unpaired) electrons. The SMILES string of the molecule is COC(=O)[C@H](Cc1ccccc1)NC(=O)[C@H](C)N1C(=O)c2ccccc2S1(=O)=O. The topological polar surface area (TPSA) is 110 Å². The molecule has 0 aliphatic carbocycles. The maximum atomic E-state index is 12.8. The third kappa shape index (κ3) is 3.86. The van der Waals surface area contributed by atoms with E-state index >= 15 is 0 Å². The lowest BCUT2D eigenvalue weighted by Crippen LogP contribution is -2.52. The van der Waals surface area contributed by atoms with Gasteiger partial charge in [0.05, 0.1) is 12.7 Å². The first-order chi connectivity index (χ1) is 13.8. The van der Waals surface area contributed by atoms with Gasteiger partial charge in [-0.3, -0.25) is 9.59 Å². The summed E-state index contributed by atoms with van der Waals surface area (Å²) in [5, 5.41) is 2.51. The van der Waals surface area contributed by atoms with Crippen LogP contribution in [0.2, 0.25) is 0 Å². The lowest BCUT2D eigenvalue weighted by atomic mass is 10.1.